The number of nitrogens with zero attached hydrogens (tertiary/aromatic N) is 1. The van der Waals surface area contributed by atoms with Crippen molar-refractivity contribution in [2.24, 2.45) is 16.8 Å². The van der Waals surface area contributed by atoms with E-state index in [1.165, 1.54) is 26.9 Å². The fourth-order valence-corrected chi connectivity index (χ4v) is 11.8. The van der Waals surface area contributed by atoms with Crippen molar-refractivity contribution in [2.75, 3.05) is 0 Å². The van der Waals surface area contributed by atoms with Gasteiger partial charge in [0, 0.05) is 23.2 Å². The molecule has 4 unspecified atom stereocenters. The largest absolute Gasteiger partial charge is 0.349 e. The number of hydrogen-bond donors (Lipinski definition) is 1. The van der Waals surface area contributed by atoms with Crippen LogP contribution in [-0.2, 0) is 0 Å². The summed E-state index contributed by atoms with van der Waals surface area (Å²) in [5.74, 6) is 0.561. The maximum atomic E-state index is 5.02. The van der Waals surface area contributed by atoms with Crippen LogP contribution in [0.2, 0.25) is 0 Å². The van der Waals surface area contributed by atoms with Gasteiger partial charge in [0.15, 0.2) is 0 Å². The topological polar surface area (TPSA) is 24.4 Å². The van der Waals surface area contributed by atoms with Crippen molar-refractivity contribution in [3.05, 3.63) is 169 Å². The van der Waals surface area contributed by atoms with Gasteiger partial charge in [0.05, 0.1) is 6.34 Å². The molecule has 1 N–H and O–H groups in total. The molecule has 43 heavy (non-hydrogen) atoms. The molecule has 4 heteroatoms. The standard InChI is InChI=1S/C39H38N2P2/c1-30(42(32-17-7-3-8-18-32)33-19-9-4-10-20-33)36-25-15-27-38(36)40-29-41-39-28-16-26-37(39)31(2)43(34-21-11-5-12-22-34)35-23-13-6-14-24-35/h3-31,36-37H,1-2H3,(H,40,41). The predicted molar refractivity (Wildman–Crippen MR) is 190 cm³/mol. The Balaban J connectivity index is 1.18. The molecule has 2 aliphatic carbocycles. The van der Waals surface area contributed by atoms with E-state index >= 15 is 0 Å². The molecule has 214 valence electrons. The second-order valence-electron chi connectivity index (χ2n) is 11.0. The highest BCUT2D eigenvalue weighted by Crippen LogP contribution is 2.47. The summed E-state index contributed by atoms with van der Waals surface area (Å²) in [6.07, 6.45) is 15.3. The third kappa shape index (κ3) is 6.73. The normalized spacial score (nSPS) is 19.2. The molecule has 0 aliphatic heterocycles. The molecule has 0 amide bonds. The van der Waals surface area contributed by atoms with Gasteiger partial charge in [-0.15, -0.1) is 0 Å². The molecule has 0 fully saturated rings. The van der Waals surface area contributed by atoms with Gasteiger partial charge in [-0.3, -0.25) is 0 Å². The van der Waals surface area contributed by atoms with E-state index in [9.17, 15) is 0 Å². The lowest BCUT2D eigenvalue weighted by Gasteiger charge is -2.31. The molecule has 2 aliphatic rings. The second-order valence-corrected chi connectivity index (χ2v) is 16.2. The zero-order chi connectivity index (χ0) is 29.4. The summed E-state index contributed by atoms with van der Waals surface area (Å²) >= 11 is 0. The van der Waals surface area contributed by atoms with Crippen molar-refractivity contribution >= 4 is 43.4 Å². The number of nitrogens with one attached hydrogen (secondary N) is 1. The van der Waals surface area contributed by atoms with Crippen molar-refractivity contribution < 1.29 is 0 Å². The Bertz CT molecular complexity index is 1550. The highest BCUT2D eigenvalue weighted by atomic mass is 31.1. The highest BCUT2D eigenvalue weighted by Gasteiger charge is 2.32. The van der Waals surface area contributed by atoms with E-state index in [0.29, 0.717) is 17.2 Å². The summed E-state index contributed by atoms with van der Waals surface area (Å²) in [4.78, 5) is 5.02. The van der Waals surface area contributed by atoms with Crippen LogP contribution in [0.3, 0.4) is 0 Å². The molecule has 0 saturated heterocycles. The van der Waals surface area contributed by atoms with Crippen LogP contribution in [-0.4, -0.2) is 17.7 Å². The van der Waals surface area contributed by atoms with Crippen molar-refractivity contribution in [3.8, 4) is 0 Å². The number of hydrogen-bond acceptors (Lipinski definition) is 1. The van der Waals surface area contributed by atoms with Gasteiger partial charge in [-0.1, -0.05) is 159 Å². The molecule has 0 spiro atoms. The first-order chi connectivity index (χ1) is 21.2. The predicted octanol–water partition coefficient (Wildman–Crippen LogP) is 7.79. The number of aliphatic imine (C=N–C) groups is 1. The Morgan fingerprint density at radius 3 is 1.42 bits per heavy atom. The Kier molecular flexibility index (Phi) is 9.59. The first-order valence-corrected chi connectivity index (χ1v) is 17.9. The smallest absolute Gasteiger partial charge is 0.0924 e. The van der Waals surface area contributed by atoms with Crippen LogP contribution >= 0.6 is 15.8 Å². The first kappa shape index (κ1) is 29.3. The fourth-order valence-electron chi connectivity index (χ4n) is 6.17. The van der Waals surface area contributed by atoms with Gasteiger partial charge in [-0.25, -0.2) is 4.99 Å². The lowest BCUT2D eigenvalue weighted by molar-refractivity contribution is 0.717. The second kappa shape index (κ2) is 14.1. The van der Waals surface area contributed by atoms with Crippen LogP contribution in [0, 0.1) is 11.8 Å². The average molecular weight is 597 g/mol. The monoisotopic (exact) mass is 596 g/mol. The van der Waals surface area contributed by atoms with Gasteiger partial charge in [-0.05, 0) is 60.5 Å². The first-order valence-electron chi connectivity index (χ1n) is 15.1. The third-order valence-electron chi connectivity index (χ3n) is 8.32. The van der Waals surface area contributed by atoms with Crippen molar-refractivity contribution in [3.63, 3.8) is 0 Å². The van der Waals surface area contributed by atoms with E-state index in [0.717, 1.165) is 5.70 Å². The quantitative estimate of drug-likeness (QED) is 0.107. The van der Waals surface area contributed by atoms with Gasteiger partial charge in [0.25, 0.3) is 0 Å². The third-order valence-corrected chi connectivity index (χ3v) is 14.0. The van der Waals surface area contributed by atoms with E-state index in [1.807, 2.05) is 6.34 Å². The molecule has 0 heterocycles. The van der Waals surface area contributed by atoms with E-state index in [4.69, 9.17) is 4.99 Å². The van der Waals surface area contributed by atoms with Crippen LogP contribution in [0.5, 0.6) is 0 Å². The summed E-state index contributed by atoms with van der Waals surface area (Å²) in [6, 6.07) is 44.0. The lowest BCUT2D eigenvalue weighted by Crippen LogP contribution is -2.29. The summed E-state index contributed by atoms with van der Waals surface area (Å²) in [5.41, 5.74) is 3.16. The van der Waals surface area contributed by atoms with Gasteiger partial charge < -0.3 is 5.32 Å². The molecule has 4 aromatic rings. The molecular formula is C39H38N2P2. The molecule has 2 nitrogen and oxygen atoms in total. The molecule has 4 aromatic carbocycles. The van der Waals surface area contributed by atoms with Crippen LogP contribution in [0.25, 0.3) is 0 Å². The lowest BCUT2D eigenvalue weighted by atomic mass is 10.1. The molecular weight excluding hydrogens is 558 g/mol. The van der Waals surface area contributed by atoms with E-state index in [1.54, 1.807) is 0 Å². The van der Waals surface area contributed by atoms with Gasteiger partial charge in [-0.2, -0.15) is 0 Å². The molecule has 0 bridgehead atoms. The van der Waals surface area contributed by atoms with Crippen LogP contribution in [0.15, 0.2) is 174 Å². The molecule has 6 rings (SSSR count). The van der Waals surface area contributed by atoms with E-state index < -0.39 is 15.8 Å². The summed E-state index contributed by atoms with van der Waals surface area (Å²) in [7, 11) is -1.08. The molecule has 0 aromatic heterocycles. The molecule has 0 saturated carbocycles. The van der Waals surface area contributed by atoms with Gasteiger partial charge in [0.2, 0.25) is 0 Å². The van der Waals surface area contributed by atoms with Gasteiger partial charge in [0.1, 0.15) is 0 Å². The zero-order valence-electron chi connectivity index (χ0n) is 24.7. The Morgan fingerprint density at radius 2 is 0.953 bits per heavy atom. The molecule has 4 atom stereocenters. The van der Waals surface area contributed by atoms with Crippen molar-refractivity contribution in [1.82, 2.24) is 5.32 Å². The minimum absolute atomic E-state index is 0.263. The Morgan fingerprint density at radius 1 is 0.558 bits per heavy atom. The maximum Gasteiger partial charge on any atom is 0.0924 e. The number of allylic oxidation sites excluding steroid dienone is 6. The SMILES string of the molecule is CC(C1C=CC=C1N=CNC1=CC=CC1C(C)P(c1ccccc1)c1ccccc1)P(c1ccccc1)c1ccccc1. The Hall–Kier alpha value is -3.83. The van der Waals surface area contributed by atoms with Crippen LogP contribution in [0.1, 0.15) is 13.8 Å². The van der Waals surface area contributed by atoms with Crippen LogP contribution < -0.4 is 26.5 Å². The van der Waals surface area contributed by atoms with Crippen molar-refractivity contribution in [1.29, 1.82) is 0 Å². The minimum Gasteiger partial charge on any atom is -0.349 e. The van der Waals surface area contributed by atoms with Crippen molar-refractivity contribution in [2.45, 2.75) is 25.2 Å². The summed E-state index contributed by atoms with van der Waals surface area (Å²) in [5, 5.41) is 9.25. The average Bonchev–Trinajstić information content (AvgIpc) is 3.73. The fraction of sp³-hybridized carbons (Fsp3) is 0.154. The summed E-state index contributed by atoms with van der Waals surface area (Å²) in [6.45, 7) is 4.79. The van der Waals surface area contributed by atoms with Crippen LogP contribution in [0.4, 0.5) is 0 Å². The highest BCUT2D eigenvalue weighted by molar-refractivity contribution is 7.74. The van der Waals surface area contributed by atoms with Gasteiger partial charge >= 0.3 is 0 Å². The molecule has 0 radical (unpaired) electrons. The zero-order valence-corrected chi connectivity index (χ0v) is 26.5. The summed E-state index contributed by atoms with van der Waals surface area (Å²) < 4.78 is 0. The number of benzene rings is 4. The van der Waals surface area contributed by atoms with E-state index in [-0.39, 0.29) is 5.92 Å². The number of rotatable bonds is 11. The minimum atomic E-state index is -0.547. The Labute approximate surface area is 259 Å². The maximum absolute atomic E-state index is 5.02. The van der Waals surface area contributed by atoms with E-state index in [2.05, 4.69) is 177 Å².